The number of nitrogens with one attached hydrogen (secondary N) is 1. The summed E-state index contributed by atoms with van der Waals surface area (Å²) in [5, 5.41) is 18.6. The number of rotatable bonds is 3. The fourth-order valence-corrected chi connectivity index (χ4v) is 1.49. The minimum Gasteiger partial charge on any atom is -0.494 e. The molecule has 0 unspecified atom stereocenters. The number of aromatic hydroxyl groups is 1. The molecule has 0 spiro atoms. The second kappa shape index (κ2) is 5.18. The molecule has 7 nitrogen and oxygen atoms in total. The van der Waals surface area contributed by atoms with Crippen molar-refractivity contribution in [3.63, 3.8) is 0 Å². The molecular formula is C11H17N3O4. The van der Waals surface area contributed by atoms with E-state index < -0.39 is 22.7 Å². The van der Waals surface area contributed by atoms with Gasteiger partial charge in [-0.2, -0.15) is 0 Å². The Morgan fingerprint density at radius 2 is 2.00 bits per heavy atom. The van der Waals surface area contributed by atoms with Gasteiger partial charge in [0.25, 0.3) is 5.56 Å². The first-order valence-corrected chi connectivity index (χ1v) is 5.48. The van der Waals surface area contributed by atoms with Crippen LogP contribution in [0.3, 0.4) is 0 Å². The molecule has 0 saturated carbocycles. The Morgan fingerprint density at radius 3 is 2.50 bits per heavy atom. The van der Waals surface area contributed by atoms with Crippen LogP contribution in [0.2, 0.25) is 0 Å². The third-order valence-corrected chi connectivity index (χ3v) is 2.24. The van der Waals surface area contributed by atoms with Crippen LogP contribution in [0, 0.1) is 0 Å². The van der Waals surface area contributed by atoms with Crippen LogP contribution in [-0.2, 0) is 5.54 Å². The third-order valence-electron chi connectivity index (χ3n) is 2.24. The van der Waals surface area contributed by atoms with Crippen molar-refractivity contribution in [3.05, 3.63) is 26.4 Å². The van der Waals surface area contributed by atoms with Gasteiger partial charge < -0.3 is 10.2 Å². The number of aliphatic hydroxyl groups excluding tert-OH is 1. The Hall–Kier alpha value is -1.89. The number of nitrogens with zero attached hydrogens (tertiary/aromatic N) is 2. The molecule has 0 radical (unpaired) electrons. The van der Waals surface area contributed by atoms with E-state index in [0.29, 0.717) is 0 Å². The maximum atomic E-state index is 11.7. The average Bonchev–Trinajstić information content (AvgIpc) is 2.20. The van der Waals surface area contributed by atoms with Gasteiger partial charge in [-0.25, -0.2) is 4.79 Å². The van der Waals surface area contributed by atoms with Crippen LogP contribution in [0.1, 0.15) is 26.3 Å². The number of aliphatic imine (C=N–C) groups is 1. The molecule has 0 fully saturated rings. The van der Waals surface area contributed by atoms with Crippen LogP contribution in [0.25, 0.3) is 0 Å². The Bertz CT molecular complexity index is 563. The molecule has 1 aromatic rings. The van der Waals surface area contributed by atoms with Crippen LogP contribution in [0.4, 0.5) is 0 Å². The summed E-state index contributed by atoms with van der Waals surface area (Å²) in [6, 6.07) is 0. The molecule has 100 valence electrons. The molecule has 0 atom stereocenters. The van der Waals surface area contributed by atoms with E-state index in [1.165, 1.54) is 0 Å². The van der Waals surface area contributed by atoms with Crippen LogP contribution in [-0.4, -0.2) is 39.1 Å². The summed E-state index contributed by atoms with van der Waals surface area (Å²) in [4.78, 5) is 29.1. The van der Waals surface area contributed by atoms with Crippen molar-refractivity contribution in [2.24, 2.45) is 4.99 Å². The highest BCUT2D eigenvalue weighted by Crippen LogP contribution is 2.18. The predicted molar refractivity (Wildman–Crippen MR) is 67.5 cm³/mol. The lowest BCUT2D eigenvalue weighted by atomic mass is 10.1. The van der Waals surface area contributed by atoms with Gasteiger partial charge in [0.05, 0.1) is 13.2 Å². The molecule has 0 amide bonds. The Balaban J connectivity index is 3.46. The lowest BCUT2D eigenvalue weighted by Crippen LogP contribution is -2.40. The quantitative estimate of drug-likeness (QED) is 0.627. The maximum absolute atomic E-state index is 11.7. The summed E-state index contributed by atoms with van der Waals surface area (Å²) in [6.45, 7) is 5.13. The highest BCUT2D eigenvalue weighted by molar-refractivity contribution is 5.81. The van der Waals surface area contributed by atoms with Gasteiger partial charge in [-0.1, -0.05) is 0 Å². The highest BCUT2D eigenvalue weighted by atomic mass is 16.3. The first-order chi connectivity index (χ1) is 8.29. The normalized spacial score (nSPS) is 12.2. The third kappa shape index (κ3) is 2.86. The zero-order valence-electron chi connectivity index (χ0n) is 10.6. The molecule has 0 aromatic carbocycles. The summed E-state index contributed by atoms with van der Waals surface area (Å²) in [5.41, 5.74) is -2.16. The van der Waals surface area contributed by atoms with Crippen LogP contribution >= 0.6 is 0 Å². The van der Waals surface area contributed by atoms with Crippen LogP contribution in [0.5, 0.6) is 5.88 Å². The van der Waals surface area contributed by atoms with Crippen molar-refractivity contribution in [2.45, 2.75) is 26.3 Å². The van der Waals surface area contributed by atoms with Gasteiger partial charge in [-0.15, -0.1) is 0 Å². The summed E-state index contributed by atoms with van der Waals surface area (Å²) in [7, 11) is 0. The van der Waals surface area contributed by atoms with E-state index in [-0.39, 0.29) is 18.7 Å². The highest BCUT2D eigenvalue weighted by Gasteiger charge is 2.22. The molecule has 3 N–H and O–H groups in total. The van der Waals surface area contributed by atoms with Crippen molar-refractivity contribution in [3.8, 4) is 5.88 Å². The lowest BCUT2D eigenvalue weighted by Gasteiger charge is -2.23. The molecule has 0 saturated heterocycles. The van der Waals surface area contributed by atoms with Gasteiger partial charge >= 0.3 is 5.69 Å². The molecule has 18 heavy (non-hydrogen) atoms. The topological polar surface area (TPSA) is 108 Å². The van der Waals surface area contributed by atoms with E-state index in [9.17, 15) is 14.7 Å². The molecule has 1 rings (SSSR count). The number of aromatic nitrogens is 2. The van der Waals surface area contributed by atoms with Gasteiger partial charge in [0.15, 0.2) is 0 Å². The van der Waals surface area contributed by atoms with Crippen molar-refractivity contribution >= 4 is 6.21 Å². The van der Waals surface area contributed by atoms with Gasteiger partial charge in [0, 0.05) is 11.8 Å². The zero-order chi connectivity index (χ0) is 13.9. The van der Waals surface area contributed by atoms with Crippen molar-refractivity contribution in [1.82, 2.24) is 9.55 Å². The molecular weight excluding hydrogens is 238 g/mol. The average molecular weight is 255 g/mol. The monoisotopic (exact) mass is 255 g/mol. The summed E-state index contributed by atoms with van der Waals surface area (Å²) >= 11 is 0. The SMILES string of the molecule is CC(C)(C)n1c(O)c(C=NCCO)c(=O)[nH]c1=O. The standard InChI is InChI=1S/C11H17N3O4/c1-11(2,3)14-9(17)7(6-12-4-5-15)8(16)13-10(14)18/h6,15,17H,4-5H2,1-3H3,(H,13,16,18). The Kier molecular flexibility index (Phi) is 4.07. The van der Waals surface area contributed by atoms with Crippen molar-refractivity contribution in [1.29, 1.82) is 0 Å². The Morgan fingerprint density at radius 1 is 1.39 bits per heavy atom. The molecule has 7 heteroatoms. The minimum atomic E-state index is -0.709. The summed E-state index contributed by atoms with van der Waals surface area (Å²) in [6.07, 6.45) is 1.14. The van der Waals surface area contributed by atoms with Gasteiger partial charge in [0.2, 0.25) is 5.88 Å². The molecule has 0 bridgehead atoms. The molecule has 0 aliphatic rings. The summed E-state index contributed by atoms with van der Waals surface area (Å²) in [5.74, 6) is -0.432. The summed E-state index contributed by atoms with van der Waals surface area (Å²) < 4.78 is 1.08. The number of aliphatic hydroxyl groups is 1. The first-order valence-electron chi connectivity index (χ1n) is 5.48. The number of H-pyrrole nitrogens is 1. The first kappa shape index (κ1) is 14.2. The van der Waals surface area contributed by atoms with Gasteiger partial charge in [-0.05, 0) is 20.8 Å². The molecule has 0 aliphatic heterocycles. The van der Waals surface area contributed by atoms with Gasteiger partial charge in [0.1, 0.15) is 5.56 Å². The number of aromatic amines is 1. The lowest BCUT2D eigenvalue weighted by molar-refractivity contribution is 0.304. The van der Waals surface area contributed by atoms with Gasteiger partial charge in [-0.3, -0.25) is 19.3 Å². The van der Waals surface area contributed by atoms with E-state index in [2.05, 4.69) is 9.98 Å². The second-order valence-corrected chi connectivity index (χ2v) is 4.76. The fraction of sp³-hybridized carbons (Fsp3) is 0.545. The minimum absolute atomic E-state index is 0.0991. The smallest absolute Gasteiger partial charge is 0.331 e. The second-order valence-electron chi connectivity index (χ2n) is 4.76. The number of hydrogen-bond acceptors (Lipinski definition) is 5. The number of hydrogen-bond donors (Lipinski definition) is 3. The fourth-order valence-electron chi connectivity index (χ4n) is 1.49. The largest absolute Gasteiger partial charge is 0.494 e. The van der Waals surface area contributed by atoms with Crippen LogP contribution in [0.15, 0.2) is 14.6 Å². The van der Waals surface area contributed by atoms with Crippen molar-refractivity contribution < 1.29 is 10.2 Å². The van der Waals surface area contributed by atoms with Crippen molar-refractivity contribution in [2.75, 3.05) is 13.2 Å². The molecule has 0 aliphatic carbocycles. The van der Waals surface area contributed by atoms with E-state index >= 15 is 0 Å². The molecule has 1 aromatic heterocycles. The van der Waals surface area contributed by atoms with E-state index in [1.54, 1.807) is 20.8 Å². The predicted octanol–water partition coefficient (Wildman–Crippen LogP) is -0.592. The van der Waals surface area contributed by atoms with E-state index in [4.69, 9.17) is 5.11 Å². The zero-order valence-corrected chi connectivity index (χ0v) is 10.6. The molecule has 1 heterocycles. The van der Waals surface area contributed by atoms with E-state index in [0.717, 1.165) is 10.8 Å². The van der Waals surface area contributed by atoms with Crippen LogP contribution < -0.4 is 11.2 Å². The maximum Gasteiger partial charge on any atom is 0.331 e. The van der Waals surface area contributed by atoms with E-state index in [1.807, 2.05) is 0 Å². The Labute approximate surface area is 103 Å².